The number of carbonyl (C=O) groups excluding carboxylic acids is 1. The smallest absolute Gasteiger partial charge is 0.319 e. The summed E-state index contributed by atoms with van der Waals surface area (Å²) in [6.07, 6.45) is 6.20. The summed E-state index contributed by atoms with van der Waals surface area (Å²) < 4.78 is 9.64. The molecule has 2 aromatic heterocycles. The van der Waals surface area contributed by atoms with Gasteiger partial charge in [-0.3, -0.25) is 0 Å². The van der Waals surface area contributed by atoms with Crippen LogP contribution in [0.25, 0.3) is 5.69 Å². The number of hydrogen-bond donors (Lipinski definition) is 2. The number of anilines is 1. The summed E-state index contributed by atoms with van der Waals surface area (Å²) in [7, 11) is 0. The van der Waals surface area contributed by atoms with Crippen LogP contribution >= 0.6 is 0 Å². The number of carbonyl (C=O) groups is 1. The molecule has 0 radical (unpaired) electrons. The van der Waals surface area contributed by atoms with Gasteiger partial charge in [-0.1, -0.05) is 0 Å². The molecule has 0 aliphatic heterocycles. The van der Waals surface area contributed by atoms with Crippen molar-refractivity contribution in [1.82, 2.24) is 24.6 Å². The summed E-state index contributed by atoms with van der Waals surface area (Å²) >= 11 is 0. The van der Waals surface area contributed by atoms with E-state index in [9.17, 15) is 4.79 Å². The van der Waals surface area contributed by atoms with E-state index in [-0.39, 0.29) is 12.1 Å². The molecular formula is C20H26N6O2. The predicted molar refractivity (Wildman–Crippen MR) is 108 cm³/mol. The number of aromatic nitrogens is 4. The van der Waals surface area contributed by atoms with Gasteiger partial charge < -0.3 is 24.5 Å². The lowest BCUT2D eigenvalue weighted by Crippen LogP contribution is -2.31. The molecule has 0 fully saturated rings. The van der Waals surface area contributed by atoms with Crippen molar-refractivity contribution < 1.29 is 9.53 Å². The molecule has 2 amide bonds. The summed E-state index contributed by atoms with van der Waals surface area (Å²) in [4.78, 5) is 12.3. The molecule has 0 spiro atoms. The number of ether oxygens (including phenoxy) is 1. The van der Waals surface area contributed by atoms with Gasteiger partial charge in [-0.25, -0.2) is 4.79 Å². The van der Waals surface area contributed by atoms with Crippen molar-refractivity contribution in [3.63, 3.8) is 0 Å². The number of rotatable bonds is 8. The van der Waals surface area contributed by atoms with Gasteiger partial charge >= 0.3 is 6.03 Å². The molecule has 28 heavy (non-hydrogen) atoms. The number of hydrogen-bond acceptors (Lipinski definition) is 4. The molecular weight excluding hydrogens is 356 g/mol. The Morgan fingerprint density at radius 1 is 1.25 bits per heavy atom. The van der Waals surface area contributed by atoms with E-state index in [0.29, 0.717) is 25.3 Å². The van der Waals surface area contributed by atoms with Crippen LogP contribution in [-0.2, 0) is 6.42 Å². The molecule has 1 aromatic carbocycles. The Morgan fingerprint density at radius 3 is 2.75 bits per heavy atom. The maximum absolute atomic E-state index is 12.3. The highest BCUT2D eigenvalue weighted by atomic mass is 16.5. The largest absolute Gasteiger partial charge is 0.492 e. The molecule has 0 saturated carbocycles. The van der Waals surface area contributed by atoms with Crippen molar-refractivity contribution >= 4 is 11.7 Å². The van der Waals surface area contributed by atoms with Gasteiger partial charge in [0.05, 0.1) is 12.3 Å². The van der Waals surface area contributed by atoms with Crippen molar-refractivity contribution in [3.8, 4) is 11.4 Å². The van der Waals surface area contributed by atoms with Gasteiger partial charge in [0.2, 0.25) is 0 Å². The Morgan fingerprint density at radius 2 is 2.04 bits per heavy atom. The van der Waals surface area contributed by atoms with E-state index < -0.39 is 0 Å². The number of nitrogens with zero attached hydrogens (tertiary/aromatic N) is 4. The fraction of sp³-hybridized carbons (Fsp3) is 0.350. The summed E-state index contributed by atoms with van der Waals surface area (Å²) in [6.45, 7) is 7.13. The fourth-order valence-electron chi connectivity index (χ4n) is 2.91. The van der Waals surface area contributed by atoms with Gasteiger partial charge in [0.15, 0.2) is 0 Å². The predicted octanol–water partition coefficient (Wildman–Crippen LogP) is 3.41. The molecule has 2 heterocycles. The van der Waals surface area contributed by atoms with Gasteiger partial charge in [-0.2, -0.15) is 0 Å². The molecule has 0 aliphatic rings. The zero-order valence-corrected chi connectivity index (χ0v) is 16.4. The van der Waals surface area contributed by atoms with Gasteiger partial charge in [0.25, 0.3) is 0 Å². The van der Waals surface area contributed by atoms with Gasteiger partial charge in [-0.05, 0) is 51.1 Å². The Kier molecular flexibility index (Phi) is 6.31. The van der Waals surface area contributed by atoms with Crippen molar-refractivity contribution in [2.75, 3.05) is 18.5 Å². The van der Waals surface area contributed by atoms with Crippen molar-refractivity contribution in [1.29, 1.82) is 0 Å². The average Bonchev–Trinajstić information content (AvgIpc) is 3.35. The maximum Gasteiger partial charge on any atom is 0.319 e. The summed E-state index contributed by atoms with van der Waals surface area (Å²) in [5.41, 5.74) is 1.56. The molecule has 0 aliphatic carbocycles. The van der Waals surface area contributed by atoms with Crippen LogP contribution < -0.4 is 15.4 Å². The standard InChI is InChI=1S/C20H26N6O2/c1-4-28-18-8-7-16(13-17(18)25-11-5-6-12-25)23-20(27)21-10-9-19-24-22-14-26(19)15(2)3/h5-8,11-15H,4,9-10H2,1-3H3,(H2,21,23,27). The zero-order chi connectivity index (χ0) is 19.9. The molecule has 8 nitrogen and oxygen atoms in total. The van der Waals surface area contributed by atoms with Crippen LogP contribution in [0.1, 0.15) is 32.6 Å². The molecule has 0 saturated heterocycles. The van der Waals surface area contributed by atoms with E-state index in [1.54, 1.807) is 6.33 Å². The minimum Gasteiger partial charge on any atom is -0.492 e. The van der Waals surface area contributed by atoms with Crippen LogP contribution in [0, 0.1) is 0 Å². The monoisotopic (exact) mass is 382 g/mol. The second-order valence-corrected chi connectivity index (χ2v) is 6.58. The Labute approximate surface area is 164 Å². The highest BCUT2D eigenvalue weighted by Crippen LogP contribution is 2.27. The van der Waals surface area contributed by atoms with Crippen molar-refractivity contribution in [3.05, 3.63) is 54.9 Å². The lowest BCUT2D eigenvalue weighted by molar-refractivity contribution is 0.252. The first kappa shape index (κ1) is 19.5. The molecule has 2 N–H and O–H groups in total. The van der Waals surface area contributed by atoms with E-state index in [0.717, 1.165) is 17.3 Å². The van der Waals surface area contributed by atoms with Crippen LogP contribution in [0.5, 0.6) is 5.75 Å². The SMILES string of the molecule is CCOc1ccc(NC(=O)NCCc2nncn2C(C)C)cc1-n1cccc1. The lowest BCUT2D eigenvalue weighted by atomic mass is 10.2. The normalized spacial score (nSPS) is 10.9. The Hall–Kier alpha value is -3.29. The fourth-order valence-corrected chi connectivity index (χ4v) is 2.91. The van der Waals surface area contributed by atoms with Crippen LogP contribution in [0.4, 0.5) is 10.5 Å². The number of urea groups is 1. The molecule has 0 atom stereocenters. The van der Waals surface area contributed by atoms with Gasteiger partial charge in [-0.15, -0.1) is 10.2 Å². The van der Waals surface area contributed by atoms with Crippen molar-refractivity contribution in [2.24, 2.45) is 0 Å². The van der Waals surface area contributed by atoms with E-state index in [4.69, 9.17) is 4.74 Å². The Balaban J connectivity index is 1.61. The third-order valence-electron chi connectivity index (χ3n) is 4.24. The topological polar surface area (TPSA) is 86.0 Å². The number of nitrogens with one attached hydrogen (secondary N) is 2. The van der Waals surface area contributed by atoms with Crippen molar-refractivity contribution in [2.45, 2.75) is 33.2 Å². The Bertz CT molecular complexity index is 901. The van der Waals surface area contributed by atoms with Crippen LogP contribution in [0.15, 0.2) is 49.1 Å². The van der Waals surface area contributed by atoms with Gasteiger partial charge in [0.1, 0.15) is 17.9 Å². The quantitative estimate of drug-likeness (QED) is 0.625. The van der Waals surface area contributed by atoms with E-state index in [1.165, 1.54) is 0 Å². The summed E-state index contributed by atoms with van der Waals surface area (Å²) in [5.74, 6) is 1.61. The van der Waals surface area contributed by atoms with Crippen LogP contribution in [0.3, 0.4) is 0 Å². The average molecular weight is 382 g/mol. The second-order valence-electron chi connectivity index (χ2n) is 6.58. The first-order chi connectivity index (χ1) is 13.6. The first-order valence-electron chi connectivity index (χ1n) is 9.42. The second kappa shape index (κ2) is 9.07. The first-order valence-corrected chi connectivity index (χ1v) is 9.42. The molecule has 148 valence electrons. The minimum absolute atomic E-state index is 0.266. The van der Waals surface area contributed by atoms with Crippen LogP contribution in [0.2, 0.25) is 0 Å². The van der Waals surface area contributed by atoms with E-state index in [2.05, 4.69) is 34.7 Å². The molecule has 0 unspecified atom stereocenters. The summed E-state index contributed by atoms with van der Waals surface area (Å²) in [5, 5.41) is 13.8. The van der Waals surface area contributed by atoms with E-state index >= 15 is 0 Å². The zero-order valence-electron chi connectivity index (χ0n) is 16.4. The minimum atomic E-state index is -0.266. The summed E-state index contributed by atoms with van der Waals surface area (Å²) in [6, 6.07) is 9.48. The highest BCUT2D eigenvalue weighted by molar-refractivity contribution is 5.89. The third kappa shape index (κ3) is 4.70. The third-order valence-corrected chi connectivity index (χ3v) is 4.24. The number of benzene rings is 1. The van der Waals surface area contributed by atoms with Gasteiger partial charge in [0, 0.05) is 37.1 Å². The molecule has 3 rings (SSSR count). The molecule has 3 aromatic rings. The van der Waals surface area contributed by atoms with E-state index in [1.807, 2.05) is 58.8 Å². The molecule has 8 heteroatoms. The molecule has 0 bridgehead atoms. The maximum atomic E-state index is 12.3. The van der Waals surface area contributed by atoms with Crippen LogP contribution in [-0.4, -0.2) is 38.5 Å². The highest BCUT2D eigenvalue weighted by Gasteiger charge is 2.10. The lowest BCUT2D eigenvalue weighted by Gasteiger charge is -2.14. The number of amides is 2.